The molecule has 2 aromatic carbocycles. The maximum absolute atomic E-state index is 12.8. The third-order valence-corrected chi connectivity index (χ3v) is 4.26. The first-order valence-electron chi connectivity index (χ1n) is 7.70. The fraction of sp³-hybridized carbons (Fsp3) is 0.263. The standard InChI is InChI=1S/C19H20N2O2/c1-13(22)15-6-9-18-16(12-15)10-11-21(18)19(23)14-4-7-17(8-5-14)20(2)3/h4-9,12H,10-11H2,1-3H3. The number of nitrogens with zero attached hydrogens (tertiary/aromatic N) is 2. The van der Waals surface area contributed by atoms with E-state index in [9.17, 15) is 9.59 Å². The van der Waals surface area contributed by atoms with Crippen LogP contribution in [0, 0.1) is 0 Å². The van der Waals surface area contributed by atoms with Gasteiger partial charge in [-0.3, -0.25) is 9.59 Å². The summed E-state index contributed by atoms with van der Waals surface area (Å²) < 4.78 is 0. The van der Waals surface area contributed by atoms with Crippen molar-refractivity contribution in [2.24, 2.45) is 0 Å². The van der Waals surface area contributed by atoms with E-state index in [-0.39, 0.29) is 11.7 Å². The number of ketones is 1. The van der Waals surface area contributed by atoms with Crippen LogP contribution in [0.2, 0.25) is 0 Å². The fourth-order valence-corrected chi connectivity index (χ4v) is 2.89. The van der Waals surface area contributed by atoms with Crippen LogP contribution in [0.15, 0.2) is 42.5 Å². The van der Waals surface area contributed by atoms with E-state index in [2.05, 4.69) is 0 Å². The highest BCUT2D eigenvalue weighted by atomic mass is 16.2. The van der Waals surface area contributed by atoms with Gasteiger partial charge in [0.25, 0.3) is 5.91 Å². The first-order chi connectivity index (χ1) is 11.0. The van der Waals surface area contributed by atoms with Gasteiger partial charge in [-0.05, 0) is 61.4 Å². The van der Waals surface area contributed by atoms with Gasteiger partial charge in [-0.25, -0.2) is 0 Å². The average Bonchev–Trinajstić information content (AvgIpc) is 2.97. The van der Waals surface area contributed by atoms with Crippen molar-refractivity contribution in [3.63, 3.8) is 0 Å². The summed E-state index contributed by atoms with van der Waals surface area (Å²) in [7, 11) is 3.94. The van der Waals surface area contributed by atoms with Crippen molar-refractivity contribution in [1.29, 1.82) is 0 Å². The number of hydrogen-bond acceptors (Lipinski definition) is 3. The minimum absolute atomic E-state index is 0.00429. The van der Waals surface area contributed by atoms with Crippen LogP contribution < -0.4 is 9.80 Å². The maximum atomic E-state index is 12.8. The maximum Gasteiger partial charge on any atom is 0.258 e. The smallest absolute Gasteiger partial charge is 0.258 e. The molecule has 0 radical (unpaired) electrons. The zero-order chi connectivity index (χ0) is 16.6. The topological polar surface area (TPSA) is 40.6 Å². The number of carbonyl (C=O) groups is 2. The van der Waals surface area contributed by atoms with Gasteiger partial charge < -0.3 is 9.80 Å². The van der Waals surface area contributed by atoms with Gasteiger partial charge in [-0.2, -0.15) is 0 Å². The molecule has 1 aliphatic rings. The highest BCUT2D eigenvalue weighted by molar-refractivity contribution is 6.07. The molecule has 118 valence electrons. The van der Waals surface area contributed by atoms with Crippen LogP contribution in [0.4, 0.5) is 11.4 Å². The Bertz CT molecular complexity index is 763. The molecule has 0 N–H and O–H groups in total. The lowest BCUT2D eigenvalue weighted by Crippen LogP contribution is -2.28. The Morgan fingerprint density at radius 1 is 1.00 bits per heavy atom. The molecule has 0 saturated carbocycles. The van der Waals surface area contributed by atoms with Gasteiger partial charge in [0, 0.05) is 43.1 Å². The molecule has 0 fully saturated rings. The Labute approximate surface area is 136 Å². The Kier molecular flexibility index (Phi) is 3.90. The summed E-state index contributed by atoms with van der Waals surface area (Å²) in [6, 6.07) is 13.2. The SMILES string of the molecule is CC(=O)c1ccc2c(c1)CCN2C(=O)c1ccc(N(C)C)cc1. The van der Waals surface area contributed by atoms with Crippen LogP contribution in [-0.2, 0) is 6.42 Å². The normalized spacial score (nSPS) is 12.9. The highest BCUT2D eigenvalue weighted by Gasteiger charge is 2.26. The van der Waals surface area contributed by atoms with Gasteiger partial charge in [0.2, 0.25) is 0 Å². The quantitative estimate of drug-likeness (QED) is 0.818. The molecule has 4 heteroatoms. The van der Waals surface area contributed by atoms with Gasteiger partial charge >= 0.3 is 0 Å². The predicted octanol–water partition coefficient (Wildman–Crippen LogP) is 3.16. The van der Waals surface area contributed by atoms with Gasteiger partial charge in [0.05, 0.1) is 0 Å². The number of hydrogen-bond donors (Lipinski definition) is 0. The van der Waals surface area contributed by atoms with E-state index >= 15 is 0 Å². The van der Waals surface area contributed by atoms with E-state index in [1.54, 1.807) is 17.9 Å². The van der Waals surface area contributed by atoms with Crippen molar-refractivity contribution in [3.8, 4) is 0 Å². The summed E-state index contributed by atoms with van der Waals surface area (Å²) >= 11 is 0. The van der Waals surface area contributed by atoms with Crippen molar-refractivity contribution in [1.82, 2.24) is 0 Å². The van der Waals surface area contributed by atoms with Crippen molar-refractivity contribution in [3.05, 3.63) is 59.2 Å². The number of anilines is 2. The summed E-state index contributed by atoms with van der Waals surface area (Å²) in [5, 5.41) is 0. The summed E-state index contributed by atoms with van der Waals surface area (Å²) in [5.74, 6) is 0.0569. The van der Waals surface area contributed by atoms with Crippen LogP contribution in [-0.4, -0.2) is 32.3 Å². The Morgan fingerprint density at radius 2 is 1.65 bits per heavy atom. The van der Waals surface area contributed by atoms with Gasteiger partial charge in [0.1, 0.15) is 0 Å². The van der Waals surface area contributed by atoms with E-state index in [1.807, 2.05) is 55.4 Å². The van der Waals surface area contributed by atoms with Crippen molar-refractivity contribution in [2.45, 2.75) is 13.3 Å². The summed E-state index contributed by atoms with van der Waals surface area (Å²) in [4.78, 5) is 28.0. The Morgan fingerprint density at radius 3 is 2.26 bits per heavy atom. The molecule has 0 atom stereocenters. The molecular weight excluding hydrogens is 288 g/mol. The summed E-state index contributed by atoms with van der Waals surface area (Å²) in [6.45, 7) is 2.22. The molecule has 0 spiro atoms. The second-order valence-electron chi connectivity index (χ2n) is 6.05. The Balaban J connectivity index is 1.87. The molecule has 1 heterocycles. The highest BCUT2D eigenvalue weighted by Crippen LogP contribution is 2.30. The lowest BCUT2D eigenvalue weighted by Gasteiger charge is -2.18. The molecule has 0 aliphatic carbocycles. The summed E-state index contributed by atoms with van der Waals surface area (Å²) in [6.07, 6.45) is 0.790. The lowest BCUT2D eigenvalue weighted by molar-refractivity contribution is 0.0987. The first kappa shape index (κ1) is 15.3. The second kappa shape index (κ2) is 5.88. The zero-order valence-electron chi connectivity index (χ0n) is 13.7. The van der Waals surface area contributed by atoms with Gasteiger partial charge in [-0.15, -0.1) is 0 Å². The molecule has 23 heavy (non-hydrogen) atoms. The molecule has 1 amide bonds. The number of amides is 1. The largest absolute Gasteiger partial charge is 0.378 e. The van der Waals surface area contributed by atoms with Crippen LogP contribution in [0.1, 0.15) is 33.2 Å². The van der Waals surface area contributed by atoms with E-state index in [0.29, 0.717) is 17.7 Å². The predicted molar refractivity (Wildman–Crippen MR) is 92.6 cm³/mol. The van der Waals surface area contributed by atoms with E-state index < -0.39 is 0 Å². The molecular formula is C19H20N2O2. The Hall–Kier alpha value is -2.62. The van der Waals surface area contributed by atoms with Gasteiger partial charge in [-0.1, -0.05) is 0 Å². The molecule has 3 rings (SSSR count). The van der Waals surface area contributed by atoms with E-state index in [1.165, 1.54) is 0 Å². The number of fused-ring (bicyclic) bond motifs is 1. The second-order valence-corrected chi connectivity index (χ2v) is 6.05. The summed E-state index contributed by atoms with van der Waals surface area (Å²) in [5.41, 5.74) is 4.43. The first-order valence-corrected chi connectivity index (χ1v) is 7.70. The van der Waals surface area contributed by atoms with Gasteiger partial charge in [0.15, 0.2) is 5.78 Å². The molecule has 1 aliphatic heterocycles. The third kappa shape index (κ3) is 2.84. The third-order valence-electron chi connectivity index (χ3n) is 4.26. The molecule has 0 bridgehead atoms. The molecule has 2 aromatic rings. The van der Waals surface area contributed by atoms with E-state index in [4.69, 9.17) is 0 Å². The van der Waals surface area contributed by atoms with E-state index in [0.717, 1.165) is 23.4 Å². The number of rotatable bonds is 3. The van der Waals surface area contributed by atoms with Crippen LogP contribution >= 0.6 is 0 Å². The zero-order valence-corrected chi connectivity index (χ0v) is 13.7. The van der Waals surface area contributed by atoms with Crippen molar-refractivity contribution < 1.29 is 9.59 Å². The minimum Gasteiger partial charge on any atom is -0.378 e. The fourth-order valence-electron chi connectivity index (χ4n) is 2.89. The average molecular weight is 308 g/mol. The molecule has 0 unspecified atom stereocenters. The molecule has 0 saturated heterocycles. The van der Waals surface area contributed by atoms with Crippen LogP contribution in [0.25, 0.3) is 0 Å². The van der Waals surface area contributed by atoms with Crippen LogP contribution in [0.3, 0.4) is 0 Å². The molecule has 4 nitrogen and oxygen atoms in total. The number of Topliss-reactive ketones (excluding diaryl/α,β-unsaturated/α-hetero) is 1. The monoisotopic (exact) mass is 308 g/mol. The van der Waals surface area contributed by atoms with Crippen LogP contribution in [0.5, 0.6) is 0 Å². The minimum atomic E-state index is 0.00429. The number of carbonyl (C=O) groups excluding carboxylic acids is 2. The lowest BCUT2D eigenvalue weighted by atomic mass is 10.1. The number of benzene rings is 2. The molecule has 0 aromatic heterocycles. The van der Waals surface area contributed by atoms with Crippen molar-refractivity contribution >= 4 is 23.1 Å². The van der Waals surface area contributed by atoms with Crippen molar-refractivity contribution in [2.75, 3.05) is 30.4 Å².